The largest absolute Gasteiger partial charge is 0.378 e. The molecule has 0 aromatic heterocycles. The number of nitrogens with one attached hydrogen (secondary N) is 2. The number of hydrogen-bond donors (Lipinski definition) is 2. The smallest absolute Gasteiger partial charge is 0.224 e. The third-order valence-electron chi connectivity index (χ3n) is 3.99. The zero-order chi connectivity index (χ0) is 14.1. The maximum absolute atomic E-state index is 11.8. The van der Waals surface area contributed by atoms with Crippen LogP contribution < -0.4 is 10.6 Å². The van der Waals surface area contributed by atoms with Gasteiger partial charge in [-0.25, -0.2) is 0 Å². The average molecular weight is 270 g/mol. The monoisotopic (exact) mass is 270 g/mol. The highest BCUT2D eigenvalue weighted by Gasteiger charge is 2.25. The summed E-state index contributed by atoms with van der Waals surface area (Å²) in [6, 6.07) is 0. The quantitative estimate of drug-likeness (QED) is 0.673. The number of carbonyl (C=O) groups is 1. The highest BCUT2D eigenvalue weighted by atomic mass is 16.5. The molecule has 1 rings (SSSR count). The minimum Gasteiger partial charge on any atom is -0.378 e. The van der Waals surface area contributed by atoms with E-state index in [0.717, 1.165) is 26.1 Å². The zero-order valence-electron chi connectivity index (χ0n) is 12.7. The van der Waals surface area contributed by atoms with Crippen LogP contribution in [0.1, 0.15) is 46.0 Å². The highest BCUT2D eigenvalue weighted by Crippen LogP contribution is 2.30. The van der Waals surface area contributed by atoms with Gasteiger partial charge in [-0.1, -0.05) is 19.8 Å². The summed E-state index contributed by atoms with van der Waals surface area (Å²) >= 11 is 0. The van der Waals surface area contributed by atoms with E-state index in [9.17, 15) is 4.79 Å². The van der Waals surface area contributed by atoms with Crippen molar-refractivity contribution in [2.75, 3.05) is 26.7 Å². The molecule has 0 aromatic carbocycles. The Kier molecular flexibility index (Phi) is 8.07. The van der Waals surface area contributed by atoms with Gasteiger partial charge in [0.15, 0.2) is 0 Å². The zero-order valence-corrected chi connectivity index (χ0v) is 12.7. The Labute approximate surface area is 117 Å². The molecule has 1 amide bonds. The van der Waals surface area contributed by atoms with Crippen molar-refractivity contribution >= 4 is 5.91 Å². The van der Waals surface area contributed by atoms with Crippen molar-refractivity contribution in [3.63, 3.8) is 0 Å². The van der Waals surface area contributed by atoms with Gasteiger partial charge in [-0.05, 0) is 39.2 Å². The Bertz CT molecular complexity index is 253. The standard InChI is InChI=1S/C15H30N2O2/c1-4-19-14(13-7-5-6-8-13)9-10-17-15(18)12(2)11-16-3/h12-14,16H,4-11H2,1-3H3,(H,17,18). The Balaban J connectivity index is 2.25. The first-order valence-electron chi connectivity index (χ1n) is 7.73. The molecular weight excluding hydrogens is 240 g/mol. The lowest BCUT2D eigenvalue weighted by atomic mass is 9.98. The van der Waals surface area contributed by atoms with Crippen LogP contribution in [0.4, 0.5) is 0 Å². The summed E-state index contributed by atoms with van der Waals surface area (Å²) in [5, 5.41) is 6.05. The molecule has 2 atom stereocenters. The molecule has 0 heterocycles. The van der Waals surface area contributed by atoms with Gasteiger partial charge < -0.3 is 15.4 Å². The SMILES string of the molecule is CCOC(CCNC(=O)C(C)CNC)C1CCCC1. The lowest BCUT2D eigenvalue weighted by Crippen LogP contribution is -2.36. The second-order valence-corrected chi connectivity index (χ2v) is 5.58. The van der Waals surface area contributed by atoms with Gasteiger partial charge in [0, 0.05) is 25.6 Å². The minimum absolute atomic E-state index is 0.0297. The fraction of sp³-hybridized carbons (Fsp3) is 0.933. The van der Waals surface area contributed by atoms with Crippen LogP contribution in [0.2, 0.25) is 0 Å². The Morgan fingerprint density at radius 3 is 2.63 bits per heavy atom. The van der Waals surface area contributed by atoms with E-state index in [1.807, 2.05) is 14.0 Å². The van der Waals surface area contributed by atoms with Crippen molar-refractivity contribution < 1.29 is 9.53 Å². The number of ether oxygens (including phenoxy) is 1. The first-order valence-corrected chi connectivity index (χ1v) is 7.73. The molecule has 2 N–H and O–H groups in total. The molecule has 1 fully saturated rings. The van der Waals surface area contributed by atoms with E-state index >= 15 is 0 Å². The lowest BCUT2D eigenvalue weighted by molar-refractivity contribution is -0.124. The van der Waals surface area contributed by atoms with Gasteiger partial charge in [0.05, 0.1) is 6.10 Å². The molecule has 19 heavy (non-hydrogen) atoms. The maximum atomic E-state index is 11.8. The number of amides is 1. The molecule has 4 nitrogen and oxygen atoms in total. The molecule has 0 saturated heterocycles. The van der Waals surface area contributed by atoms with Crippen LogP contribution in [0.5, 0.6) is 0 Å². The van der Waals surface area contributed by atoms with Gasteiger partial charge in [-0.15, -0.1) is 0 Å². The van der Waals surface area contributed by atoms with E-state index < -0.39 is 0 Å². The van der Waals surface area contributed by atoms with Crippen LogP contribution in [0, 0.1) is 11.8 Å². The first-order chi connectivity index (χ1) is 9.19. The van der Waals surface area contributed by atoms with Gasteiger partial charge >= 0.3 is 0 Å². The van der Waals surface area contributed by atoms with Gasteiger partial charge in [0.25, 0.3) is 0 Å². The van der Waals surface area contributed by atoms with Crippen molar-refractivity contribution in [3.05, 3.63) is 0 Å². The van der Waals surface area contributed by atoms with Gasteiger partial charge in [-0.3, -0.25) is 4.79 Å². The van der Waals surface area contributed by atoms with Crippen molar-refractivity contribution in [2.24, 2.45) is 11.8 Å². The molecule has 2 unspecified atom stereocenters. The van der Waals surface area contributed by atoms with E-state index in [2.05, 4.69) is 17.6 Å². The molecule has 1 saturated carbocycles. The number of carbonyl (C=O) groups excluding carboxylic acids is 1. The number of rotatable bonds is 9. The van der Waals surface area contributed by atoms with E-state index in [1.165, 1.54) is 25.7 Å². The molecule has 4 heteroatoms. The van der Waals surface area contributed by atoms with E-state index in [1.54, 1.807) is 0 Å². The molecule has 0 aromatic rings. The van der Waals surface area contributed by atoms with Crippen LogP contribution in [-0.2, 0) is 9.53 Å². The summed E-state index contributed by atoms with van der Waals surface area (Å²) < 4.78 is 5.85. The predicted octanol–water partition coefficient (Wildman–Crippen LogP) is 1.94. The van der Waals surface area contributed by atoms with E-state index in [0.29, 0.717) is 12.0 Å². The average Bonchev–Trinajstić information content (AvgIpc) is 2.91. The van der Waals surface area contributed by atoms with Crippen LogP contribution in [0.15, 0.2) is 0 Å². The normalized spacial score (nSPS) is 19.3. The summed E-state index contributed by atoms with van der Waals surface area (Å²) in [7, 11) is 1.87. The molecule has 0 aliphatic heterocycles. The summed E-state index contributed by atoms with van der Waals surface area (Å²) in [5.74, 6) is 0.865. The topological polar surface area (TPSA) is 50.4 Å². The third kappa shape index (κ3) is 5.91. The van der Waals surface area contributed by atoms with Gasteiger partial charge in [0.1, 0.15) is 0 Å². The molecule has 1 aliphatic rings. The Hall–Kier alpha value is -0.610. The van der Waals surface area contributed by atoms with Crippen molar-refractivity contribution in [1.82, 2.24) is 10.6 Å². The van der Waals surface area contributed by atoms with E-state index in [4.69, 9.17) is 4.74 Å². The fourth-order valence-electron chi connectivity index (χ4n) is 2.91. The Morgan fingerprint density at radius 2 is 2.05 bits per heavy atom. The summed E-state index contributed by atoms with van der Waals surface area (Å²) in [6.45, 7) is 6.22. The van der Waals surface area contributed by atoms with Crippen LogP contribution in [0.25, 0.3) is 0 Å². The maximum Gasteiger partial charge on any atom is 0.224 e. The summed E-state index contributed by atoms with van der Waals surface area (Å²) in [5.41, 5.74) is 0. The summed E-state index contributed by atoms with van der Waals surface area (Å²) in [4.78, 5) is 11.8. The number of hydrogen-bond acceptors (Lipinski definition) is 3. The van der Waals surface area contributed by atoms with Gasteiger partial charge in [0.2, 0.25) is 5.91 Å². The predicted molar refractivity (Wildman–Crippen MR) is 78.1 cm³/mol. The first kappa shape index (κ1) is 16.4. The van der Waals surface area contributed by atoms with Crippen LogP contribution in [-0.4, -0.2) is 38.8 Å². The van der Waals surface area contributed by atoms with Crippen molar-refractivity contribution in [3.8, 4) is 0 Å². The fourth-order valence-corrected chi connectivity index (χ4v) is 2.91. The van der Waals surface area contributed by atoms with Crippen molar-refractivity contribution in [1.29, 1.82) is 0 Å². The van der Waals surface area contributed by atoms with Gasteiger partial charge in [-0.2, -0.15) is 0 Å². The Morgan fingerprint density at radius 1 is 1.37 bits per heavy atom. The van der Waals surface area contributed by atoms with E-state index in [-0.39, 0.29) is 11.8 Å². The third-order valence-corrected chi connectivity index (χ3v) is 3.99. The molecule has 0 radical (unpaired) electrons. The molecule has 112 valence electrons. The molecule has 0 spiro atoms. The second-order valence-electron chi connectivity index (χ2n) is 5.58. The lowest BCUT2D eigenvalue weighted by Gasteiger charge is -2.23. The molecular formula is C15H30N2O2. The molecule has 1 aliphatic carbocycles. The minimum atomic E-state index is 0.0297. The van der Waals surface area contributed by atoms with Crippen LogP contribution in [0.3, 0.4) is 0 Å². The van der Waals surface area contributed by atoms with Crippen LogP contribution >= 0.6 is 0 Å². The highest BCUT2D eigenvalue weighted by molar-refractivity contribution is 5.78. The summed E-state index contributed by atoms with van der Waals surface area (Å²) in [6.07, 6.45) is 6.51. The second kappa shape index (κ2) is 9.32. The van der Waals surface area contributed by atoms with Crippen molar-refractivity contribution in [2.45, 2.75) is 52.1 Å². The molecule has 0 bridgehead atoms.